The summed E-state index contributed by atoms with van der Waals surface area (Å²) in [5, 5.41) is 16.2. The normalized spacial score (nSPS) is 13.8. The first-order chi connectivity index (χ1) is 15.5. The van der Waals surface area contributed by atoms with Crippen molar-refractivity contribution in [3.8, 4) is 22.3 Å². The molecule has 32 heavy (non-hydrogen) atoms. The van der Waals surface area contributed by atoms with E-state index in [4.69, 9.17) is 0 Å². The molecule has 0 radical (unpaired) electrons. The lowest BCUT2D eigenvalue weighted by atomic mass is 9.81. The van der Waals surface area contributed by atoms with Crippen molar-refractivity contribution >= 4 is 27.2 Å². The smallest absolute Gasteiger partial charge is 0.258 e. The molecule has 0 saturated heterocycles. The molecule has 3 heteroatoms. The predicted octanol–water partition coefficient (Wildman–Crippen LogP) is 7.87. The average molecular weight is 415 g/mol. The minimum absolute atomic E-state index is 0.170. The molecular weight excluding hydrogens is 394 g/mol. The topological polar surface area (TPSA) is 43.1 Å². The van der Waals surface area contributed by atoms with Gasteiger partial charge >= 0.3 is 0 Å². The summed E-state index contributed by atoms with van der Waals surface area (Å²) in [5.41, 5.74) is 6.33. The van der Waals surface area contributed by atoms with Crippen LogP contribution in [-0.4, -0.2) is 4.92 Å². The van der Waals surface area contributed by atoms with E-state index in [1.54, 1.807) is 0 Å². The molecule has 0 atom stereocenters. The Balaban J connectivity index is 1.73. The van der Waals surface area contributed by atoms with Crippen LogP contribution in [0.2, 0.25) is 0 Å². The molecule has 0 amide bonds. The molecule has 0 heterocycles. The highest BCUT2D eigenvalue weighted by molar-refractivity contribution is 6.04. The molecule has 0 aliphatic heterocycles. The highest BCUT2D eigenvalue weighted by Crippen LogP contribution is 2.54. The minimum Gasteiger partial charge on any atom is -0.258 e. The third-order valence-electron chi connectivity index (χ3n) is 6.94. The summed E-state index contributed by atoms with van der Waals surface area (Å²) in [6.45, 7) is 4.48. The van der Waals surface area contributed by atoms with E-state index in [-0.39, 0.29) is 16.0 Å². The van der Waals surface area contributed by atoms with E-state index < -0.39 is 0 Å². The van der Waals surface area contributed by atoms with Crippen molar-refractivity contribution in [1.82, 2.24) is 0 Å². The summed E-state index contributed by atoms with van der Waals surface area (Å²) in [7, 11) is 0. The molecule has 5 aromatic rings. The molecule has 1 aliphatic rings. The number of hydrogen-bond donors (Lipinski definition) is 0. The Bertz CT molecular complexity index is 1580. The maximum absolute atomic E-state index is 12.3. The van der Waals surface area contributed by atoms with Gasteiger partial charge in [-0.1, -0.05) is 80.6 Å². The Hall–Kier alpha value is -3.98. The first-order valence-electron chi connectivity index (χ1n) is 10.8. The number of hydrogen-bond acceptors (Lipinski definition) is 2. The fourth-order valence-electron chi connectivity index (χ4n) is 5.37. The van der Waals surface area contributed by atoms with Gasteiger partial charge in [0.25, 0.3) is 5.69 Å². The first-order valence-corrected chi connectivity index (χ1v) is 10.8. The molecule has 3 nitrogen and oxygen atoms in total. The zero-order valence-electron chi connectivity index (χ0n) is 17.9. The summed E-state index contributed by atoms with van der Waals surface area (Å²) < 4.78 is 0. The van der Waals surface area contributed by atoms with Gasteiger partial charge in [0.15, 0.2) is 0 Å². The SMILES string of the molecule is CC1(C)c2cc3ccccc3cc2-c2c(-c3ccc4ccccc4c3[N+](=O)[O-])cccc21. The van der Waals surface area contributed by atoms with Crippen molar-refractivity contribution in [2.45, 2.75) is 19.3 Å². The second-order valence-electron chi connectivity index (χ2n) is 9.04. The van der Waals surface area contributed by atoms with E-state index in [0.717, 1.165) is 16.5 Å². The van der Waals surface area contributed by atoms with Crippen LogP contribution < -0.4 is 0 Å². The lowest BCUT2D eigenvalue weighted by Gasteiger charge is -2.22. The zero-order chi connectivity index (χ0) is 22.0. The van der Waals surface area contributed by atoms with Crippen LogP contribution in [-0.2, 0) is 5.41 Å². The van der Waals surface area contributed by atoms with Crippen molar-refractivity contribution in [2.24, 2.45) is 0 Å². The average Bonchev–Trinajstić information content (AvgIpc) is 3.03. The van der Waals surface area contributed by atoms with Crippen LogP contribution in [0.15, 0.2) is 91.0 Å². The Labute approximate surface area is 186 Å². The number of nitro groups is 1. The van der Waals surface area contributed by atoms with Gasteiger partial charge in [0, 0.05) is 5.41 Å². The van der Waals surface area contributed by atoms with Gasteiger partial charge in [-0.25, -0.2) is 0 Å². The van der Waals surface area contributed by atoms with Crippen molar-refractivity contribution in [2.75, 3.05) is 0 Å². The summed E-state index contributed by atoms with van der Waals surface area (Å²) in [5.74, 6) is 0. The minimum atomic E-state index is -0.238. The third-order valence-corrected chi connectivity index (χ3v) is 6.94. The summed E-state index contributed by atoms with van der Waals surface area (Å²) in [6.07, 6.45) is 0. The van der Waals surface area contributed by atoms with E-state index in [1.165, 1.54) is 27.5 Å². The van der Waals surface area contributed by atoms with Gasteiger partial charge < -0.3 is 0 Å². The Morgan fingerprint density at radius 1 is 0.656 bits per heavy atom. The van der Waals surface area contributed by atoms with Crippen LogP contribution in [0.25, 0.3) is 43.8 Å². The van der Waals surface area contributed by atoms with E-state index in [9.17, 15) is 10.1 Å². The summed E-state index contributed by atoms with van der Waals surface area (Å²) in [4.78, 5) is 12.0. The monoisotopic (exact) mass is 415 g/mol. The van der Waals surface area contributed by atoms with Gasteiger partial charge in [0.1, 0.15) is 0 Å². The number of nitro benzene ring substituents is 1. The standard InChI is InChI=1S/C29H21NO2/c1-29(2)25-13-7-12-22(23-15-14-18-8-5-6-11-21(18)28(23)30(31)32)27(25)24-16-19-9-3-4-10-20(19)17-26(24)29/h3-17H,1-2H3. The summed E-state index contributed by atoms with van der Waals surface area (Å²) in [6, 6.07) is 30.5. The van der Waals surface area contributed by atoms with E-state index in [1.807, 2.05) is 48.5 Å². The largest absolute Gasteiger partial charge is 0.284 e. The van der Waals surface area contributed by atoms with Crippen LogP contribution in [0, 0.1) is 10.1 Å². The first kappa shape index (κ1) is 18.8. The molecule has 0 spiro atoms. The lowest BCUT2D eigenvalue weighted by Crippen LogP contribution is -2.14. The molecule has 5 aromatic carbocycles. The highest BCUT2D eigenvalue weighted by Gasteiger charge is 2.38. The Morgan fingerprint density at radius 2 is 1.34 bits per heavy atom. The Morgan fingerprint density at radius 3 is 2.09 bits per heavy atom. The number of rotatable bonds is 2. The molecular formula is C29H21NO2. The summed E-state index contributed by atoms with van der Waals surface area (Å²) >= 11 is 0. The number of benzene rings is 5. The van der Waals surface area contributed by atoms with Crippen LogP contribution in [0.3, 0.4) is 0 Å². The van der Waals surface area contributed by atoms with Crippen molar-refractivity contribution in [3.05, 3.63) is 112 Å². The molecule has 0 fully saturated rings. The maximum Gasteiger partial charge on any atom is 0.284 e. The van der Waals surface area contributed by atoms with Crippen LogP contribution in [0.4, 0.5) is 5.69 Å². The zero-order valence-corrected chi connectivity index (χ0v) is 17.9. The quantitative estimate of drug-likeness (QED) is 0.217. The molecule has 0 bridgehead atoms. The molecule has 0 saturated carbocycles. The number of fused-ring (bicyclic) bond motifs is 5. The predicted molar refractivity (Wildman–Crippen MR) is 131 cm³/mol. The van der Waals surface area contributed by atoms with Gasteiger partial charge in [-0.15, -0.1) is 0 Å². The van der Waals surface area contributed by atoms with Crippen molar-refractivity contribution < 1.29 is 4.92 Å². The second kappa shape index (κ2) is 6.51. The van der Waals surface area contributed by atoms with Gasteiger partial charge in [0.05, 0.1) is 15.9 Å². The van der Waals surface area contributed by atoms with Gasteiger partial charge in [-0.2, -0.15) is 0 Å². The Kier molecular flexibility index (Phi) is 3.82. The molecule has 0 N–H and O–H groups in total. The van der Waals surface area contributed by atoms with Gasteiger partial charge in [-0.05, 0) is 68.2 Å². The maximum atomic E-state index is 12.3. The van der Waals surface area contributed by atoms with E-state index in [2.05, 4.69) is 56.3 Å². The molecule has 0 unspecified atom stereocenters. The van der Waals surface area contributed by atoms with E-state index in [0.29, 0.717) is 10.9 Å². The molecule has 0 aromatic heterocycles. The fourth-order valence-corrected chi connectivity index (χ4v) is 5.37. The van der Waals surface area contributed by atoms with Crippen molar-refractivity contribution in [1.29, 1.82) is 0 Å². The molecule has 154 valence electrons. The molecule has 1 aliphatic carbocycles. The van der Waals surface area contributed by atoms with Crippen molar-refractivity contribution in [3.63, 3.8) is 0 Å². The number of nitrogens with zero attached hydrogens (tertiary/aromatic N) is 1. The van der Waals surface area contributed by atoms with Crippen LogP contribution in [0.1, 0.15) is 25.0 Å². The second-order valence-corrected chi connectivity index (χ2v) is 9.04. The third kappa shape index (κ3) is 2.48. The highest BCUT2D eigenvalue weighted by atomic mass is 16.6. The van der Waals surface area contributed by atoms with Gasteiger partial charge in [0.2, 0.25) is 0 Å². The lowest BCUT2D eigenvalue weighted by molar-refractivity contribution is -0.382. The van der Waals surface area contributed by atoms with E-state index >= 15 is 0 Å². The van der Waals surface area contributed by atoms with Crippen LogP contribution >= 0.6 is 0 Å². The molecule has 6 rings (SSSR count). The van der Waals surface area contributed by atoms with Gasteiger partial charge in [-0.3, -0.25) is 10.1 Å². The fraction of sp³-hybridized carbons (Fsp3) is 0.103. The van der Waals surface area contributed by atoms with Crippen LogP contribution in [0.5, 0.6) is 0 Å².